The fourth-order valence-electron chi connectivity index (χ4n) is 7.71. The van der Waals surface area contributed by atoms with Gasteiger partial charge < -0.3 is 4.74 Å². The summed E-state index contributed by atoms with van der Waals surface area (Å²) in [5.74, 6) is 0.754. The van der Waals surface area contributed by atoms with E-state index in [2.05, 4.69) is 33.8 Å². The molecule has 2 saturated carbocycles. The third-order valence-electron chi connectivity index (χ3n) is 9.84. The molecule has 2 aliphatic heterocycles. The van der Waals surface area contributed by atoms with Crippen molar-refractivity contribution in [1.29, 1.82) is 5.26 Å². The van der Waals surface area contributed by atoms with E-state index in [0.29, 0.717) is 56.5 Å². The average molecular weight is 576 g/mol. The van der Waals surface area contributed by atoms with Crippen molar-refractivity contribution in [2.75, 3.05) is 33.4 Å². The van der Waals surface area contributed by atoms with Crippen LogP contribution >= 0.6 is 0 Å². The van der Waals surface area contributed by atoms with Gasteiger partial charge in [-0.2, -0.15) is 18.4 Å². The molecule has 0 aromatic carbocycles. The molecule has 12 heteroatoms. The Balaban J connectivity index is 1.35. The number of hydrogen-bond donors (Lipinski definition) is 2. The zero-order valence-electron chi connectivity index (χ0n) is 23.7. The van der Waals surface area contributed by atoms with Gasteiger partial charge in [0.2, 0.25) is 0 Å². The number of fused-ring (bicyclic) bond motifs is 1. The lowest BCUT2D eigenvalue weighted by atomic mass is 9.63. The van der Waals surface area contributed by atoms with Gasteiger partial charge in [-0.25, -0.2) is 15.6 Å². The molecule has 0 amide bonds. The predicted molar refractivity (Wildman–Crippen MR) is 146 cm³/mol. The van der Waals surface area contributed by atoms with Crippen molar-refractivity contribution in [3.63, 3.8) is 0 Å². The minimum atomic E-state index is -4.61. The quantitative estimate of drug-likeness (QED) is 0.545. The highest BCUT2D eigenvalue weighted by Crippen LogP contribution is 2.48. The fraction of sp³-hybridized carbons (Fsp3) is 0.724. The topological polar surface area (TPSA) is 90.0 Å². The summed E-state index contributed by atoms with van der Waals surface area (Å²) in [6.45, 7) is 4.75. The number of aromatic nitrogens is 2. The van der Waals surface area contributed by atoms with E-state index in [1.165, 1.54) is 27.7 Å². The van der Waals surface area contributed by atoms with E-state index < -0.39 is 17.4 Å². The lowest BCUT2D eigenvalue weighted by Gasteiger charge is -2.46. The minimum Gasteiger partial charge on any atom is -0.376 e. The molecular weight excluding hydrogens is 535 g/mol. The second kappa shape index (κ2) is 11.3. The van der Waals surface area contributed by atoms with Crippen molar-refractivity contribution in [1.82, 2.24) is 29.6 Å². The summed E-state index contributed by atoms with van der Waals surface area (Å²) in [6.07, 6.45) is 3.82. The second-order valence-corrected chi connectivity index (χ2v) is 12.6. The smallest absolute Gasteiger partial charge is 0.376 e. The molecule has 4 unspecified atom stereocenters. The average Bonchev–Trinajstić information content (AvgIpc) is 3.47. The number of hydrazine groups is 1. The normalized spacial score (nSPS) is 31.3. The van der Waals surface area contributed by atoms with Gasteiger partial charge in [0, 0.05) is 44.0 Å². The Labute approximate surface area is 238 Å². The number of morpholine rings is 1. The van der Waals surface area contributed by atoms with Crippen LogP contribution in [0.25, 0.3) is 5.52 Å². The highest BCUT2D eigenvalue weighted by molar-refractivity contribution is 5.56. The van der Waals surface area contributed by atoms with E-state index in [1.54, 1.807) is 6.20 Å². The largest absolute Gasteiger partial charge is 0.418 e. The Kier molecular flexibility index (Phi) is 7.93. The van der Waals surface area contributed by atoms with Crippen molar-refractivity contribution in [2.45, 2.75) is 76.5 Å². The molecule has 9 nitrogen and oxygen atoms in total. The van der Waals surface area contributed by atoms with Crippen molar-refractivity contribution in [2.24, 2.45) is 23.7 Å². The van der Waals surface area contributed by atoms with E-state index in [-0.39, 0.29) is 35.7 Å². The molecule has 224 valence electrons. The fourth-order valence-corrected chi connectivity index (χ4v) is 7.71. The molecule has 2 aromatic rings. The highest BCUT2D eigenvalue weighted by atomic mass is 19.4. The third-order valence-corrected chi connectivity index (χ3v) is 9.84. The number of nitriles is 1. The summed E-state index contributed by atoms with van der Waals surface area (Å²) >= 11 is 0. The molecule has 0 bridgehead atoms. The molecule has 4 aliphatic rings. The lowest BCUT2D eigenvalue weighted by molar-refractivity contribution is -0.136. The minimum absolute atomic E-state index is 0.00413. The van der Waals surface area contributed by atoms with Gasteiger partial charge in [0.1, 0.15) is 0 Å². The van der Waals surface area contributed by atoms with Crippen LogP contribution in [-0.4, -0.2) is 64.5 Å². The highest BCUT2D eigenvalue weighted by Gasteiger charge is 2.45. The van der Waals surface area contributed by atoms with E-state index in [0.717, 1.165) is 25.9 Å². The van der Waals surface area contributed by atoms with Gasteiger partial charge in [-0.1, -0.05) is 19.3 Å². The molecule has 2 N–H and O–H groups in total. The number of pyridine rings is 1. The first kappa shape index (κ1) is 28.7. The van der Waals surface area contributed by atoms with Gasteiger partial charge in [0.15, 0.2) is 0 Å². The van der Waals surface area contributed by atoms with Crippen molar-refractivity contribution < 1.29 is 17.9 Å². The number of imidazole rings is 1. The summed E-state index contributed by atoms with van der Waals surface area (Å²) in [7, 11) is 2.07. The van der Waals surface area contributed by atoms with Gasteiger partial charge >= 0.3 is 11.9 Å². The summed E-state index contributed by atoms with van der Waals surface area (Å²) in [6, 6.07) is 3.29. The number of hydrogen-bond acceptors (Lipinski definition) is 7. The van der Waals surface area contributed by atoms with Crippen LogP contribution in [0.1, 0.15) is 62.6 Å². The maximum atomic E-state index is 14.3. The van der Waals surface area contributed by atoms with Gasteiger partial charge in [-0.3, -0.25) is 18.8 Å². The Morgan fingerprint density at radius 1 is 1.20 bits per heavy atom. The van der Waals surface area contributed by atoms with Crippen LogP contribution in [0.3, 0.4) is 0 Å². The number of ether oxygens (including phenoxy) is 1. The summed E-state index contributed by atoms with van der Waals surface area (Å²) < 4.78 is 51.2. The van der Waals surface area contributed by atoms with E-state index >= 15 is 0 Å². The lowest BCUT2D eigenvalue weighted by Crippen LogP contribution is -2.50. The predicted octanol–water partition coefficient (Wildman–Crippen LogP) is 3.56. The van der Waals surface area contributed by atoms with E-state index in [9.17, 15) is 23.2 Å². The third kappa shape index (κ3) is 5.67. The maximum Gasteiger partial charge on any atom is 0.418 e. The second-order valence-electron chi connectivity index (χ2n) is 12.6. The molecule has 2 aliphatic carbocycles. The van der Waals surface area contributed by atoms with Crippen molar-refractivity contribution >= 4 is 5.52 Å². The van der Waals surface area contributed by atoms with Gasteiger partial charge in [-0.15, -0.1) is 0 Å². The van der Waals surface area contributed by atoms with Gasteiger partial charge in [0.05, 0.1) is 42.7 Å². The first-order chi connectivity index (χ1) is 19.6. The molecule has 41 heavy (non-hydrogen) atoms. The number of halogens is 3. The van der Waals surface area contributed by atoms with Crippen LogP contribution in [0.4, 0.5) is 13.2 Å². The molecule has 6 atom stereocenters. The summed E-state index contributed by atoms with van der Waals surface area (Å²) in [5.41, 5.74) is 5.70. The van der Waals surface area contributed by atoms with E-state index in [1.807, 2.05) is 6.92 Å². The first-order valence-corrected chi connectivity index (χ1v) is 14.9. The van der Waals surface area contributed by atoms with Crippen LogP contribution in [-0.2, 0) is 17.5 Å². The van der Waals surface area contributed by atoms with Crippen LogP contribution in [0.2, 0.25) is 0 Å². The summed E-state index contributed by atoms with van der Waals surface area (Å²) in [5, 5.41) is 10.0. The standard InChI is InChI=1S/C29H40F3N7O2/c1-18-13-37(6-7-41-18)14-20-10-24(29(30,31)32)25-16-38(28(40)39(25)15-20)23-9-19(12-33)8-22(11-23)26(21-4-3-5-21)27-35-34-17-36(27)2/h10,15-16,18-19,21-23,26-27,34-35H,3-9,11,13-14,17H2,1-2H3/t18-,19?,22?,23?,26+,27?/m1/s1. The Morgan fingerprint density at radius 2 is 2.00 bits per heavy atom. The molecule has 0 spiro atoms. The van der Waals surface area contributed by atoms with Crippen molar-refractivity contribution in [3.05, 3.63) is 40.1 Å². The molecular formula is C29H40F3N7O2. The maximum absolute atomic E-state index is 14.3. The van der Waals surface area contributed by atoms with Crippen LogP contribution < -0.4 is 16.5 Å². The van der Waals surface area contributed by atoms with E-state index in [4.69, 9.17) is 4.74 Å². The molecule has 0 radical (unpaired) electrons. The van der Waals surface area contributed by atoms with Gasteiger partial charge in [0.25, 0.3) is 0 Å². The molecule has 2 saturated heterocycles. The zero-order valence-corrected chi connectivity index (χ0v) is 23.7. The molecule has 2 aromatic heterocycles. The Hall–Kier alpha value is -2.43. The van der Waals surface area contributed by atoms with Crippen molar-refractivity contribution in [3.8, 4) is 6.07 Å². The van der Waals surface area contributed by atoms with Crippen LogP contribution in [0, 0.1) is 35.0 Å². The van der Waals surface area contributed by atoms with Crippen LogP contribution in [0.5, 0.6) is 0 Å². The summed E-state index contributed by atoms with van der Waals surface area (Å²) in [4.78, 5) is 18.1. The van der Waals surface area contributed by atoms with Gasteiger partial charge in [-0.05, 0) is 62.6 Å². The zero-order chi connectivity index (χ0) is 28.9. The van der Waals surface area contributed by atoms with Crippen LogP contribution in [0.15, 0.2) is 23.3 Å². The number of rotatable bonds is 6. The number of nitrogens with zero attached hydrogens (tertiary/aromatic N) is 5. The molecule has 6 rings (SSSR count). The Bertz CT molecular complexity index is 1350. The molecule has 4 fully saturated rings. The first-order valence-electron chi connectivity index (χ1n) is 14.9. The number of nitrogens with one attached hydrogen (secondary N) is 2. The molecule has 4 heterocycles. The Morgan fingerprint density at radius 3 is 2.63 bits per heavy atom. The SMILES string of the molecule is C[C@@H]1CN(Cc2cc(C(F)(F)F)c3cn(C4CC(C#N)CC([C@H](C5CCC5)C5NNCN5C)C4)c(=O)n3c2)CCO1. The monoisotopic (exact) mass is 575 g/mol. The number of alkyl halides is 3.